The lowest BCUT2D eigenvalue weighted by molar-refractivity contribution is 0.0341. The van der Waals surface area contributed by atoms with Crippen LogP contribution in [0.5, 0.6) is 0 Å². The maximum Gasteiger partial charge on any atom is 0.191 e. The molecule has 2 aliphatic heterocycles. The van der Waals surface area contributed by atoms with Crippen LogP contribution < -0.4 is 10.6 Å². The standard InChI is InChI=1S/C23H39N5O/c1-19-8-6-7-11-28(19)20(2)16-25-23(24-3)26-17-21-9-4-5-10-22(21)18-27-12-14-29-15-13-27/h4-5,9-10,19-20H,6-8,11-18H2,1-3H3,(H2,24,25,26). The van der Waals surface area contributed by atoms with E-state index in [1.807, 2.05) is 7.05 Å². The largest absolute Gasteiger partial charge is 0.379 e. The fraction of sp³-hybridized carbons (Fsp3) is 0.696. The summed E-state index contributed by atoms with van der Waals surface area (Å²) in [6, 6.07) is 9.90. The van der Waals surface area contributed by atoms with Gasteiger partial charge >= 0.3 is 0 Å². The van der Waals surface area contributed by atoms with E-state index in [1.165, 1.54) is 36.9 Å². The zero-order valence-corrected chi connectivity index (χ0v) is 18.5. The first-order chi connectivity index (χ1) is 14.2. The number of likely N-dealkylation sites (tertiary alicyclic amines) is 1. The van der Waals surface area contributed by atoms with Gasteiger partial charge in [0.1, 0.15) is 0 Å². The van der Waals surface area contributed by atoms with Crippen LogP contribution in [0.15, 0.2) is 29.3 Å². The first-order valence-corrected chi connectivity index (χ1v) is 11.2. The molecule has 2 saturated heterocycles. The van der Waals surface area contributed by atoms with Gasteiger partial charge in [-0.05, 0) is 44.4 Å². The summed E-state index contributed by atoms with van der Waals surface area (Å²) in [5.41, 5.74) is 2.72. The van der Waals surface area contributed by atoms with Crippen molar-refractivity contribution >= 4 is 5.96 Å². The number of rotatable bonds is 7. The van der Waals surface area contributed by atoms with Crippen LogP contribution in [0.3, 0.4) is 0 Å². The lowest BCUT2D eigenvalue weighted by Gasteiger charge is -2.38. The van der Waals surface area contributed by atoms with E-state index in [0.717, 1.165) is 51.9 Å². The number of nitrogens with one attached hydrogen (secondary N) is 2. The molecule has 162 valence electrons. The number of piperidine rings is 1. The van der Waals surface area contributed by atoms with E-state index in [4.69, 9.17) is 4.74 Å². The van der Waals surface area contributed by atoms with Gasteiger partial charge in [-0.15, -0.1) is 0 Å². The Bertz CT molecular complexity index is 644. The molecule has 0 spiro atoms. The Labute approximate surface area is 176 Å². The molecule has 1 aromatic rings. The predicted molar refractivity (Wildman–Crippen MR) is 120 cm³/mol. The molecule has 0 aliphatic carbocycles. The second-order valence-corrected chi connectivity index (χ2v) is 8.40. The molecule has 3 rings (SSSR count). The van der Waals surface area contributed by atoms with Crippen molar-refractivity contribution < 1.29 is 4.74 Å². The second-order valence-electron chi connectivity index (χ2n) is 8.40. The SMILES string of the molecule is CN=C(NCc1ccccc1CN1CCOCC1)NCC(C)N1CCCCC1C. The molecule has 2 aliphatic rings. The van der Waals surface area contributed by atoms with Gasteiger partial charge in [-0.2, -0.15) is 0 Å². The van der Waals surface area contributed by atoms with E-state index in [2.05, 4.69) is 63.5 Å². The molecule has 0 bridgehead atoms. The summed E-state index contributed by atoms with van der Waals surface area (Å²) >= 11 is 0. The first kappa shape index (κ1) is 22.1. The number of ether oxygens (including phenoxy) is 1. The summed E-state index contributed by atoms with van der Waals surface area (Å²) in [6.45, 7) is 12.3. The van der Waals surface area contributed by atoms with Gasteiger partial charge < -0.3 is 15.4 Å². The molecule has 1 aromatic carbocycles. The van der Waals surface area contributed by atoms with Crippen LogP contribution in [0.4, 0.5) is 0 Å². The minimum atomic E-state index is 0.512. The molecule has 2 heterocycles. The zero-order chi connectivity index (χ0) is 20.5. The minimum Gasteiger partial charge on any atom is -0.379 e. The van der Waals surface area contributed by atoms with Crippen molar-refractivity contribution in [2.24, 2.45) is 4.99 Å². The van der Waals surface area contributed by atoms with Gasteiger partial charge in [-0.1, -0.05) is 30.7 Å². The van der Waals surface area contributed by atoms with Crippen LogP contribution in [0.25, 0.3) is 0 Å². The molecule has 29 heavy (non-hydrogen) atoms. The van der Waals surface area contributed by atoms with Crippen molar-refractivity contribution in [2.75, 3.05) is 46.4 Å². The van der Waals surface area contributed by atoms with Crippen molar-refractivity contribution in [3.05, 3.63) is 35.4 Å². The summed E-state index contributed by atoms with van der Waals surface area (Å²) in [4.78, 5) is 9.53. The van der Waals surface area contributed by atoms with Crippen LogP contribution in [-0.2, 0) is 17.8 Å². The van der Waals surface area contributed by atoms with E-state index >= 15 is 0 Å². The lowest BCUT2D eigenvalue weighted by atomic mass is 10.0. The van der Waals surface area contributed by atoms with Gasteiger partial charge in [0.15, 0.2) is 5.96 Å². The predicted octanol–water partition coefficient (Wildman–Crippen LogP) is 2.45. The summed E-state index contributed by atoms with van der Waals surface area (Å²) in [7, 11) is 1.85. The second kappa shape index (κ2) is 11.5. The fourth-order valence-electron chi connectivity index (χ4n) is 4.42. The Morgan fingerprint density at radius 3 is 2.62 bits per heavy atom. The lowest BCUT2D eigenvalue weighted by Crippen LogP contribution is -2.50. The van der Waals surface area contributed by atoms with E-state index in [1.54, 1.807) is 0 Å². The summed E-state index contributed by atoms with van der Waals surface area (Å²) in [5.74, 6) is 0.877. The van der Waals surface area contributed by atoms with Crippen molar-refractivity contribution in [2.45, 2.75) is 58.3 Å². The highest BCUT2D eigenvalue weighted by atomic mass is 16.5. The van der Waals surface area contributed by atoms with Crippen molar-refractivity contribution in [1.29, 1.82) is 0 Å². The molecular weight excluding hydrogens is 362 g/mol. The molecule has 0 amide bonds. The number of hydrogen-bond donors (Lipinski definition) is 2. The number of nitrogens with zero attached hydrogens (tertiary/aromatic N) is 3. The molecule has 6 heteroatoms. The van der Waals surface area contributed by atoms with E-state index in [0.29, 0.717) is 12.1 Å². The molecule has 2 atom stereocenters. The molecule has 0 saturated carbocycles. The van der Waals surface area contributed by atoms with Crippen LogP contribution in [0.1, 0.15) is 44.2 Å². The quantitative estimate of drug-likeness (QED) is 0.543. The third-order valence-corrected chi connectivity index (χ3v) is 6.27. The van der Waals surface area contributed by atoms with Crippen molar-refractivity contribution in [1.82, 2.24) is 20.4 Å². The minimum absolute atomic E-state index is 0.512. The number of aliphatic imine (C=N–C) groups is 1. The molecule has 2 N–H and O–H groups in total. The molecule has 2 fully saturated rings. The molecule has 2 unspecified atom stereocenters. The fourth-order valence-corrected chi connectivity index (χ4v) is 4.42. The van der Waals surface area contributed by atoms with Gasteiger partial charge in [0.05, 0.1) is 13.2 Å². The number of benzene rings is 1. The summed E-state index contributed by atoms with van der Waals surface area (Å²) in [5, 5.41) is 7.04. The Kier molecular flexibility index (Phi) is 8.77. The van der Waals surface area contributed by atoms with E-state index in [-0.39, 0.29) is 0 Å². The van der Waals surface area contributed by atoms with Crippen molar-refractivity contribution in [3.63, 3.8) is 0 Å². The third kappa shape index (κ3) is 6.69. The van der Waals surface area contributed by atoms with Crippen LogP contribution in [0, 0.1) is 0 Å². The molecule has 0 aromatic heterocycles. The zero-order valence-electron chi connectivity index (χ0n) is 18.5. The maximum atomic E-state index is 5.48. The normalized spacial score (nSPS) is 23.0. The maximum absolute atomic E-state index is 5.48. The highest BCUT2D eigenvalue weighted by Crippen LogP contribution is 2.18. The van der Waals surface area contributed by atoms with Crippen molar-refractivity contribution in [3.8, 4) is 0 Å². The summed E-state index contributed by atoms with van der Waals surface area (Å²) in [6.07, 6.45) is 4.00. The monoisotopic (exact) mass is 401 g/mol. The Morgan fingerprint density at radius 2 is 1.90 bits per heavy atom. The van der Waals surface area contributed by atoms with E-state index in [9.17, 15) is 0 Å². The Balaban J connectivity index is 1.49. The summed E-state index contributed by atoms with van der Waals surface area (Å²) < 4.78 is 5.48. The smallest absolute Gasteiger partial charge is 0.191 e. The molecule has 6 nitrogen and oxygen atoms in total. The van der Waals surface area contributed by atoms with Crippen LogP contribution in [0.2, 0.25) is 0 Å². The highest BCUT2D eigenvalue weighted by molar-refractivity contribution is 5.79. The number of morpholine rings is 1. The average molecular weight is 402 g/mol. The Hall–Kier alpha value is -1.63. The van der Waals surface area contributed by atoms with Gasteiger partial charge in [0.25, 0.3) is 0 Å². The third-order valence-electron chi connectivity index (χ3n) is 6.27. The number of hydrogen-bond acceptors (Lipinski definition) is 4. The van der Waals surface area contributed by atoms with Gasteiger partial charge in [-0.3, -0.25) is 14.8 Å². The van der Waals surface area contributed by atoms with Gasteiger partial charge in [0, 0.05) is 51.9 Å². The van der Waals surface area contributed by atoms with Crippen LogP contribution >= 0.6 is 0 Å². The average Bonchev–Trinajstić information content (AvgIpc) is 2.76. The number of guanidine groups is 1. The highest BCUT2D eigenvalue weighted by Gasteiger charge is 2.23. The van der Waals surface area contributed by atoms with E-state index < -0.39 is 0 Å². The molecular formula is C23H39N5O. The van der Waals surface area contributed by atoms with Gasteiger partial charge in [0.2, 0.25) is 0 Å². The molecule has 0 radical (unpaired) electrons. The van der Waals surface area contributed by atoms with Gasteiger partial charge in [-0.25, -0.2) is 0 Å². The first-order valence-electron chi connectivity index (χ1n) is 11.2. The Morgan fingerprint density at radius 1 is 1.14 bits per heavy atom. The topological polar surface area (TPSA) is 52.1 Å². The van der Waals surface area contributed by atoms with Crippen LogP contribution in [-0.4, -0.2) is 74.3 Å².